The molecule has 0 aromatic heterocycles. The number of carbonyl (C=O) groups excluding carboxylic acids is 4. The van der Waals surface area contributed by atoms with E-state index in [0.717, 1.165) is 31.1 Å². The molecule has 30 heavy (non-hydrogen) atoms. The fraction of sp³-hybridized carbons (Fsp3) is 0.409. The minimum Gasteiger partial charge on any atom is -0.463 e. The molecule has 0 heterocycles. The van der Waals surface area contributed by atoms with Crippen molar-refractivity contribution in [3.8, 4) is 0 Å². The Morgan fingerprint density at radius 1 is 1.00 bits per heavy atom. The number of ether oxygens (including phenoxy) is 2. The van der Waals surface area contributed by atoms with E-state index in [0.29, 0.717) is 5.69 Å². The SMILES string of the molecule is CCOC(=O)/C=C(/C(=O)OCC)C(=Nc1c(C)cccc1C)C(Cl)(C(C)=O)C(C)=O. The van der Waals surface area contributed by atoms with Gasteiger partial charge in [-0.2, -0.15) is 0 Å². The first-order chi connectivity index (χ1) is 14.0. The zero-order valence-corrected chi connectivity index (χ0v) is 18.8. The van der Waals surface area contributed by atoms with Gasteiger partial charge in [-0.3, -0.25) is 9.59 Å². The second kappa shape index (κ2) is 10.8. The minimum atomic E-state index is -2.29. The lowest BCUT2D eigenvalue weighted by Crippen LogP contribution is -2.48. The van der Waals surface area contributed by atoms with Crippen LogP contribution in [0.25, 0.3) is 0 Å². The number of esters is 2. The largest absolute Gasteiger partial charge is 0.463 e. The van der Waals surface area contributed by atoms with Crippen LogP contribution in [-0.4, -0.2) is 47.3 Å². The summed E-state index contributed by atoms with van der Waals surface area (Å²) >= 11 is 6.50. The van der Waals surface area contributed by atoms with E-state index in [9.17, 15) is 19.2 Å². The van der Waals surface area contributed by atoms with Crippen LogP contribution in [0.3, 0.4) is 0 Å². The van der Waals surface area contributed by atoms with E-state index in [1.165, 1.54) is 0 Å². The van der Waals surface area contributed by atoms with Crippen LogP contribution in [-0.2, 0) is 28.7 Å². The van der Waals surface area contributed by atoms with Crippen molar-refractivity contribution >= 4 is 46.5 Å². The second-order valence-corrected chi connectivity index (χ2v) is 7.07. The van der Waals surface area contributed by atoms with Gasteiger partial charge >= 0.3 is 11.9 Å². The van der Waals surface area contributed by atoms with Crippen LogP contribution in [0.4, 0.5) is 5.69 Å². The molecule has 1 rings (SSSR count). The average Bonchev–Trinajstić information content (AvgIpc) is 2.66. The molecule has 0 N–H and O–H groups in total. The number of alkyl halides is 1. The number of aryl methyl sites for hydroxylation is 2. The van der Waals surface area contributed by atoms with Gasteiger partial charge in [-0.25, -0.2) is 14.6 Å². The van der Waals surface area contributed by atoms with Gasteiger partial charge in [-0.15, -0.1) is 0 Å². The molecule has 0 fully saturated rings. The smallest absolute Gasteiger partial charge is 0.340 e. The third-order valence-corrected chi connectivity index (χ3v) is 4.97. The van der Waals surface area contributed by atoms with Crippen LogP contribution in [0.1, 0.15) is 38.8 Å². The molecular formula is C22H26ClNO6. The number of benzene rings is 1. The molecule has 0 saturated carbocycles. The Balaban J connectivity index is 3.99. The summed E-state index contributed by atoms with van der Waals surface area (Å²) in [4.78, 5) is 52.0. The molecule has 1 aromatic rings. The fourth-order valence-corrected chi connectivity index (χ4v) is 2.88. The maximum atomic E-state index is 12.7. The summed E-state index contributed by atoms with van der Waals surface area (Å²) in [5, 5.41) is 0. The lowest BCUT2D eigenvalue weighted by molar-refractivity contribution is -0.140. The van der Waals surface area contributed by atoms with Crippen LogP contribution in [0, 0.1) is 13.8 Å². The number of halogens is 1. The zero-order chi connectivity index (χ0) is 23.1. The molecule has 0 bridgehead atoms. The van der Waals surface area contributed by atoms with E-state index in [-0.39, 0.29) is 18.9 Å². The van der Waals surface area contributed by atoms with Crippen molar-refractivity contribution in [2.24, 2.45) is 4.99 Å². The van der Waals surface area contributed by atoms with Gasteiger partial charge in [0.05, 0.1) is 30.2 Å². The first kappa shape index (κ1) is 25.2. The van der Waals surface area contributed by atoms with Crippen molar-refractivity contribution in [3.63, 3.8) is 0 Å². The predicted molar refractivity (Wildman–Crippen MR) is 114 cm³/mol. The molecule has 7 nitrogen and oxygen atoms in total. The highest BCUT2D eigenvalue weighted by molar-refractivity contribution is 6.62. The van der Waals surface area contributed by atoms with E-state index in [4.69, 9.17) is 21.1 Å². The van der Waals surface area contributed by atoms with Crippen LogP contribution in [0.5, 0.6) is 0 Å². The average molecular weight is 436 g/mol. The Morgan fingerprint density at radius 3 is 1.93 bits per heavy atom. The van der Waals surface area contributed by atoms with Gasteiger partial charge in [0, 0.05) is 6.08 Å². The number of rotatable bonds is 9. The molecule has 0 unspecified atom stereocenters. The molecule has 0 atom stereocenters. The molecule has 0 aliphatic carbocycles. The summed E-state index contributed by atoms with van der Waals surface area (Å²) in [5.74, 6) is -3.31. The van der Waals surface area contributed by atoms with E-state index in [2.05, 4.69) is 4.99 Å². The maximum Gasteiger partial charge on any atom is 0.340 e. The molecular weight excluding hydrogens is 410 g/mol. The first-order valence-corrected chi connectivity index (χ1v) is 9.80. The Morgan fingerprint density at radius 2 is 1.50 bits per heavy atom. The summed E-state index contributed by atoms with van der Waals surface area (Å²) < 4.78 is 9.93. The van der Waals surface area contributed by atoms with Crippen molar-refractivity contribution in [2.45, 2.75) is 46.4 Å². The van der Waals surface area contributed by atoms with Gasteiger partial charge in [0.1, 0.15) is 0 Å². The molecule has 0 amide bonds. The first-order valence-electron chi connectivity index (χ1n) is 9.42. The Kier molecular flexibility index (Phi) is 9.11. The summed E-state index contributed by atoms with van der Waals surface area (Å²) in [5.41, 5.74) is 1.06. The Labute approximate surface area is 181 Å². The summed E-state index contributed by atoms with van der Waals surface area (Å²) in [6.45, 7) is 9.00. The monoisotopic (exact) mass is 435 g/mol. The molecule has 0 aliphatic rings. The molecule has 162 valence electrons. The number of hydrogen-bond acceptors (Lipinski definition) is 7. The topological polar surface area (TPSA) is 99.1 Å². The molecule has 8 heteroatoms. The van der Waals surface area contributed by atoms with Gasteiger partial charge in [0.15, 0.2) is 11.6 Å². The predicted octanol–water partition coefficient (Wildman–Crippen LogP) is 3.58. The van der Waals surface area contributed by atoms with Crippen molar-refractivity contribution in [2.75, 3.05) is 13.2 Å². The molecule has 0 radical (unpaired) electrons. The number of Topliss-reactive ketones (excluding diaryl/α,β-unsaturated/α-hetero) is 2. The lowest BCUT2D eigenvalue weighted by Gasteiger charge is -2.25. The van der Waals surface area contributed by atoms with Crippen molar-refractivity contribution in [3.05, 3.63) is 41.0 Å². The third kappa shape index (κ3) is 5.63. The van der Waals surface area contributed by atoms with Gasteiger partial charge in [0.25, 0.3) is 0 Å². The highest BCUT2D eigenvalue weighted by atomic mass is 35.5. The molecule has 0 spiro atoms. The standard InChI is InChI=1S/C22H26ClNO6/c1-7-29-18(27)12-17(21(28)30-8-2)20(22(23,15(5)25)16(6)26)24-19-13(3)10-9-11-14(19)4/h9-12H,7-8H2,1-6H3/b17-12+,24-20?. The normalized spacial score (nSPS) is 12.4. The minimum absolute atomic E-state index is 0.00883. The van der Waals surface area contributed by atoms with Gasteiger partial charge in [-0.1, -0.05) is 29.8 Å². The molecule has 0 saturated heterocycles. The number of hydrogen-bond donors (Lipinski definition) is 0. The van der Waals surface area contributed by atoms with E-state index in [1.54, 1.807) is 39.8 Å². The highest BCUT2D eigenvalue weighted by Crippen LogP contribution is 2.31. The van der Waals surface area contributed by atoms with Gasteiger partial charge in [0.2, 0.25) is 4.87 Å². The Bertz CT molecular complexity index is 882. The summed E-state index contributed by atoms with van der Waals surface area (Å²) in [6.07, 6.45) is 0.844. The number of ketones is 2. The van der Waals surface area contributed by atoms with Gasteiger partial charge in [-0.05, 0) is 52.7 Å². The van der Waals surface area contributed by atoms with Crippen LogP contribution in [0.2, 0.25) is 0 Å². The maximum absolute atomic E-state index is 12.7. The highest BCUT2D eigenvalue weighted by Gasteiger charge is 2.47. The van der Waals surface area contributed by atoms with E-state index < -0.39 is 34.0 Å². The molecule has 0 aliphatic heterocycles. The number of carbonyl (C=O) groups is 4. The van der Waals surface area contributed by atoms with Crippen LogP contribution >= 0.6 is 11.6 Å². The third-order valence-electron chi connectivity index (χ3n) is 4.26. The van der Waals surface area contributed by atoms with Crippen molar-refractivity contribution in [1.29, 1.82) is 0 Å². The quantitative estimate of drug-likeness (QED) is 0.193. The lowest BCUT2D eigenvalue weighted by atomic mass is 9.88. The Hall–Kier alpha value is -2.80. The van der Waals surface area contributed by atoms with Crippen molar-refractivity contribution in [1.82, 2.24) is 0 Å². The number of aliphatic imine (C=N–C) groups is 1. The van der Waals surface area contributed by atoms with Gasteiger partial charge < -0.3 is 9.47 Å². The molecule has 1 aromatic carbocycles. The second-order valence-electron chi connectivity index (χ2n) is 6.50. The van der Waals surface area contributed by atoms with E-state index >= 15 is 0 Å². The zero-order valence-electron chi connectivity index (χ0n) is 18.0. The van der Waals surface area contributed by atoms with Crippen molar-refractivity contribution < 1.29 is 28.7 Å². The van der Waals surface area contributed by atoms with E-state index in [1.807, 2.05) is 6.07 Å². The summed E-state index contributed by atoms with van der Waals surface area (Å²) in [7, 11) is 0. The number of para-hydroxylation sites is 1. The summed E-state index contributed by atoms with van der Waals surface area (Å²) in [6, 6.07) is 5.37. The number of nitrogens with zero attached hydrogens (tertiary/aromatic N) is 1. The van der Waals surface area contributed by atoms with Crippen LogP contribution in [0.15, 0.2) is 34.8 Å². The van der Waals surface area contributed by atoms with Crippen LogP contribution < -0.4 is 0 Å². The fourth-order valence-electron chi connectivity index (χ4n) is 2.73.